The molecule has 11 heteroatoms. The molecule has 2 aliphatic heterocycles. The van der Waals surface area contributed by atoms with Crippen LogP contribution in [0.3, 0.4) is 0 Å². The predicted molar refractivity (Wildman–Crippen MR) is 173 cm³/mol. The summed E-state index contributed by atoms with van der Waals surface area (Å²) in [6, 6.07) is 8.59. The van der Waals surface area contributed by atoms with E-state index in [1.807, 2.05) is 47.8 Å². The van der Waals surface area contributed by atoms with Crippen LogP contribution >= 0.6 is 23.7 Å². The van der Waals surface area contributed by atoms with Gasteiger partial charge in [0.25, 0.3) is 5.91 Å². The van der Waals surface area contributed by atoms with Crippen molar-refractivity contribution in [3.05, 3.63) is 53.8 Å². The van der Waals surface area contributed by atoms with E-state index in [2.05, 4.69) is 30.6 Å². The van der Waals surface area contributed by atoms with Gasteiger partial charge in [-0.25, -0.2) is 13.2 Å². The second-order valence-corrected chi connectivity index (χ2v) is 10.3. The average Bonchev–Trinajstić information content (AvgIpc) is 3.32. The molecule has 42 heavy (non-hydrogen) atoms. The van der Waals surface area contributed by atoms with E-state index in [9.17, 15) is 18.0 Å². The topological polar surface area (TPSA) is 76.8 Å². The van der Waals surface area contributed by atoms with E-state index in [0.717, 1.165) is 35.4 Å². The highest BCUT2D eigenvalue weighted by Gasteiger charge is 2.50. The Morgan fingerprint density at radius 2 is 1.57 bits per heavy atom. The summed E-state index contributed by atoms with van der Waals surface area (Å²) in [7, 11) is 4.17. The Kier molecular flexibility index (Phi) is 24.6. The fourth-order valence-corrected chi connectivity index (χ4v) is 4.60. The number of amides is 1. The van der Waals surface area contributed by atoms with Crippen LogP contribution in [0.4, 0.5) is 18.9 Å². The number of benzene rings is 2. The molecule has 3 N–H and O–H groups in total. The summed E-state index contributed by atoms with van der Waals surface area (Å²) in [6.07, 6.45) is 4.54. The van der Waals surface area contributed by atoms with Gasteiger partial charge in [-0.05, 0) is 88.1 Å². The van der Waals surface area contributed by atoms with Crippen molar-refractivity contribution in [1.82, 2.24) is 9.62 Å². The summed E-state index contributed by atoms with van der Waals surface area (Å²) < 4.78 is 52.5. The van der Waals surface area contributed by atoms with Gasteiger partial charge < -0.3 is 20.1 Å². The predicted octanol–water partition coefficient (Wildman–Crippen LogP) is 8.20. The summed E-state index contributed by atoms with van der Waals surface area (Å²) in [6.45, 7) is 16.1. The monoisotopic (exact) mass is 635 g/mol. The minimum atomic E-state index is -0.985. The van der Waals surface area contributed by atoms with E-state index in [-0.39, 0.29) is 29.3 Å². The van der Waals surface area contributed by atoms with Gasteiger partial charge in [-0.15, -0.1) is 11.8 Å². The molecular weight excluding hydrogens is 583 g/mol. The lowest BCUT2D eigenvalue weighted by atomic mass is 9.95. The number of hydrogen-bond acceptors (Lipinski definition) is 7. The fraction of sp³-hybridized carbons (Fsp3) is 0.581. The Balaban J connectivity index is 0. The number of carbonyl (C=O) groups excluding carboxylic acids is 1. The first kappa shape index (κ1) is 42.2. The van der Waals surface area contributed by atoms with E-state index in [1.54, 1.807) is 23.9 Å². The van der Waals surface area contributed by atoms with Crippen LogP contribution in [0.5, 0.6) is 0 Å². The summed E-state index contributed by atoms with van der Waals surface area (Å²) in [5.74, 6) is -2.24. The lowest BCUT2D eigenvalue weighted by Gasteiger charge is -2.29. The number of hydrogen-bond donors (Lipinski definition) is 2. The second-order valence-electron chi connectivity index (χ2n) is 8.56. The fourth-order valence-electron chi connectivity index (χ4n) is 3.47. The molecule has 0 aliphatic carbocycles. The first-order valence-corrected chi connectivity index (χ1v) is 16.6. The molecule has 0 saturated carbocycles. The van der Waals surface area contributed by atoms with Gasteiger partial charge in [0, 0.05) is 16.2 Å². The molecule has 2 fully saturated rings. The number of halogens is 3. The molecule has 1 amide bonds. The van der Waals surface area contributed by atoms with E-state index in [0.29, 0.717) is 13.0 Å². The molecule has 2 heterocycles. The molecule has 2 atom stereocenters. The first-order chi connectivity index (χ1) is 20.1. The average molecular weight is 636 g/mol. The maximum atomic E-state index is 13.3. The van der Waals surface area contributed by atoms with Crippen molar-refractivity contribution >= 4 is 35.3 Å². The molecule has 242 valence electrons. The molecule has 0 radical (unpaired) electrons. The third kappa shape index (κ3) is 15.5. The van der Waals surface area contributed by atoms with Crippen molar-refractivity contribution in [3.8, 4) is 0 Å². The van der Waals surface area contributed by atoms with Crippen molar-refractivity contribution in [1.29, 1.82) is 0 Å². The summed E-state index contributed by atoms with van der Waals surface area (Å²) in [5.41, 5.74) is 3.67. The molecule has 2 bridgehead atoms. The van der Waals surface area contributed by atoms with Gasteiger partial charge >= 0.3 is 0 Å². The van der Waals surface area contributed by atoms with Crippen LogP contribution in [-0.2, 0) is 14.3 Å². The Morgan fingerprint density at radius 1 is 1.02 bits per heavy atom. The van der Waals surface area contributed by atoms with Gasteiger partial charge in [0.1, 0.15) is 23.1 Å². The highest BCUT2D eigenvalue weighted by Crippen LogP contribution is 2.35. The number of ether oxygens (including phenoxy) is 2. The SMILES string of the molecule is CC.CC.CC.CCCN(C)C.CSc1ccc(F)cc1.Nc1c(F)cc(SNC(=O)C23COC(CCO2)C3)cc1F. The molecule has 2 saturated heterocycles. The standard InChI is InChI=1S/C13H14F2N2O3S.C7H7FS.C5H13N.3C2H6/c14-9-3-8(4-10(15)11(9)16)21-17-12(18)13-5-7(19-6-13)1-2-20-13;1-9-7-4-2-6(8)3-5-7;1-4-5-6(2)3;3*1-2/h3-4,7H,1-2,5-6,16H2,(H,17,18);2-5H,1H3;4-5H2,1-3H3;3*1-2H3. The van der Waals surface area contributed by atoms with Crippen molar-refractivity contribution in [2.45, 2.75) is 89.2 Å². The maximum absolute atomic E-state index is 13.3. The van der Waals surface area contributed by atoms with Gasteiger partial charge in [-0.2, -0.15) is 0 Å². The molecule has 2 aromatic carbocycles. The van der Waals surface area contributed by atoms with Gasteiger partial charge in [-0.3, -0.25) is 9.52 Å². The van der Waals surface area contributed by atoms with Crippen LogP contribution in [0.2, 0.25) is 0 Å². The molecule has 0 aromatic heterocycles. The molecule has 4 rings (SSSR count). The normalized spacial score (nSPS) is 17.7. The third-order valence-electron chi connectivity index (χ3n) is 5.38. The first-order valence-electron chi connectivity index (χ1n) is 14.5. The number of fused-ring (bicyclic) bond motifs is 2. The number of nitrogen functional groups attached to an aromatic ring is 1. The Hall–Kier alpha value is -1.92. The maximum Gasteiger partial charge on any atom is 0.264 e. The van der Waals surface area contributed by atoms with Gasteiger partial charge in [0.15, 0.2) is 5.60 Å². The van der Waals surface area contributed by atoms with Crippen LogP contribution in [-0.4, -0.2) is 62.6 Å². The molecule has 2 unspecified atom stereocenters. The molecular formula is C31H52F3N3O3S2. The van der Waals surface area contributed by atoms with E-state index < -0.39 is 22.9 Å². The van der Waals surface area contributed by atoms with Crippen molar-refractivity contribution in [2.24, 2.45) is 0 Å². The molecule has 2 aromatic rings. The number of rotatable bonds is 6. The van der Waals surface area contributed by atoms with Gasteiger partial charge in [0.05, 0.1) is 19.3 Å². The van der Waals surface area contributed by atoms with Gasteiger partial charge in [-0.1, -0.05) is 48.5 Å². The van der Waals surface area contributed by atoms with Crippen LogP contribution < -0.4 is 10.5 Å². The van der Waals surface area contributed by atoms with Crippen LogP contribution in [0.25, 0.3) is 0 Å². The molecule has 0 spiro atoms. The van der Waals surface area contributed by atoms with E-state index in [4.69, 9.17) is 15.2 Å². The highest BCUT2D eigenvalue weighted by atomic mass is 32.2. The minimum Gasteiger partial charge on any atom is -0.394 e. The van der Waals surface area contributed by atoms with Crippen LogP contribution in [0.15, 0.2) is 46.2 Å². The summed E-state index contributed by atoms with van der Waals surface area (Å²) in [4.78, 5) is 15.7. The van der Waals surface area contributed by atoms with Crippen LogP contribution in [0, 0.1) is 17.5 Å². The number of anilines is 1. The quantitative estimate of drug-likeness (QED) is 0.188. The Labute approximate surface area is 260 Å². The van der Waals surface area contributed by atoms with Gasteiger partial charge in [0.2, 0.25) is 0 Å². The molecule has 6 nitrogen and oxygen atoms in total. The number of nitrogens with one attached hydrogen (secondary N) is 1. The third-order valence-corrected chi connectivity index (χ3v) is 6.88. The van der Waals surface area contributed by atoms with Crippen molar-refractivity contribution < 1.29 is 27.4 Å². The highest BCUT2D eigenvalue weighted by molar-refractivity contribution is 7.98. The zero-order valence-corrected chi connectivity index (χ0v) is 28.6. The lowest BCUT2D eigenvalue weighted by Crippen LogP contribution is -2.49. The van der Waals surface area contributed by atoms with E-state index in [1.165, 1.54) is 25.1 Å². The second kappa shape index (κ2) is 24.5. The lowest BCUT2D eigenvalue weighted by molar-refractivity contribution is -0.146. The zero-order chi connectivity index (χ0) is 32.7. The number of nitrogens with zero attached hydrogens (tertiary/aromatic N) is 1. The van der Waals surface area contributed by atoms with Crippen LogP contribution in [0.1, 0.15) is 67.7 Å². The largest absolute Gasteiger partial charge is 0.394 e. The number of nitrogens with two attached hydrogens (primary N) is 1. The number of carbonyl (C=O) groups is 1. The van der Waals surface area contributed by atoms with Crippen molar-refractivity contribution in [3.63, 3.8) is 0 Å². The summed E-state index contributed by atoms with van der Waals surface area (Å²) >= 11 is 2.43. The Morgan fingerprint density at radius 3 is 2.02 bits per heavy atom. The zero-order valence-electron chi connectivity index (χ0n) is 27.0. The van der Waals surface area contributed by atoms with E-state index >= 15 is 0 Å². The minimum absolute atomic E-state index is 0.0425. The molecule has 2 aliphatic rings. The Bertz CT molecular complexity index is 959. The summed E-state index contributed by atoms with van der Waals surface area (Å²) in [5, 5.41) is 0. The number of thioether (sulfide) groups is 1. The smallest absolute Gasteiger partial charge is 0.264 e. The van der Waals surface area contributed by atoms with Crippen molar-refractivity contribution in [2.75, 3.05) is 45.8 Å².